The van der Waals surface area contributed by atoms with E-state index >= 15 is 0 Å². The first-order valence-corrected chi connectivity index (χ1v) is 10.4. The first-order chi connectivity index (χ1) is 11.0. The van der Waals surface area contributed by atoms with Crippen LogP contribution < -0.4 is 5.32 Å². The largest absolute Gasteiger partial charge is 0.338 e. The summed E-state index contributed by atoms with van der Waals surface area (Å²) in [6.07, 6.45) is 2.75. The van der Waals surface area contributed by atoms with Gasteiger partial charge in [-0.25, -0.2) is 8.42 Å². The van der Waals surface area contributed by atoms with E-state index in [0.717, 1.165) is 25.8 Å². The van der Waals surface area contributed by atoms with Crippen molar-refractivity contribution in [3.05, 3.63) is 16.3 Å². The Kier molecular flexibility index (Phi) is 5.05. The van der Waals surface area contributed by atoms with Crippen molar-refractivity contribution < 1.29 is 13.2 Å². The number of hydrogen-bond acceptors (Lipinski definition) is 5. The van der Waals surface area contributed by atoms with Crippen molar-refractivity contribution >= 4 is 27.3 Å². The number of rotatable bonds is 5. The van der Waals surface area contributed by atoms with Gasteiger partial charge in [0.2, 0.25) is 10.0 Å². The summed E-state index contributed by atoms with van der Waals surface area (Å²) < 4.78 is 27.0. The van der Waals surface area contributed by atoms with Gasteiger partial charge in [0, 0.05) is 26.2 Å². The van der Waals surface area contributed by atoms with Gasteiger partial charge in [0.15, 0.2) is 0 Å². The van der Waals surface area contributed by atoms with E-state index in [1.165, 1.54) is 15.6 Å². The van der Waals surface area contributed by atoms with Gasteiger partial charge in [-0.2, -0.15) is 4.31 Å². The molecule has 0 aromatic carbocycles. The van der Waals surface area contributed by atoms with Gasteiger partial charge in [-0.1, -0.05) is 0 Å². The lowest BCUT2D eigenvalue weighted by molar-refractivity contribution is 0.0788. The molecule has 0 saturated carbocycles. The Morgan fingerprint density at radius 2 is 2.09 bits per heavy atom. The van der Waals surface area contributed by atoms with E-state index in [0.29, 0.717) is 37.0 Å². The molecule has 2 fully saturated rings. The molecule has 2 saturated heterocycles. The van der Waals surface area contributed by atoms with Gasteiger partial charge in [-0.3, -0.25) is 4.79 Å². The number of sulfonamides is 1. The minimum absolute atomic E-state index is 0.142. The standard InChI is InChI=1S/C15H23N3O3S2/c1-16-10-12-4-8-17(11-12)15(19)14-13(5-9-22-14)23(20,21)18-6-2-3-7-18/h5,9,12,16H,2-4,6-8,10-11H2,1H3. The number of carbonyl (C=O) groups is 1. The Morgan fingerprint density at radius 1 is 1.35 bits per heavy atom. The minimum atomic E-state index is -3.54. The average molecular weight is 358 g/mol. The zero-order valence-corrected chi connectivity index (χ0v) is 15.0. The molecule has 6 nitrogen and oxygen atoms in total. The molecule has 128 valence electrons. The Balaban J connectivity index is 1.79. The summed E-state index contributed by atoms with van der Waals surface area (Å²) in [6.45, 7) is 3.39. The third-order valence-electron chi connectivity index (χ3n) is 4.57. The van der Waals surface area contributed by atoms with Crippen LogP contribution in [0, 0.1) is 5.92 Å². The second kappa shape index (κ2) is 6.88. The molecule has 1 unspecified atom stereocenters. The summed E-state index contributed by atoms with van der Waals surface area (Å²) in [5.74, 6) is 0.305. The second-order valence-electron chi connectivity index (χ2n) is 6.19. The van der Waals surface area contributed by atoms with Gasteiger partial charge < -0.3 is 10.2 Å². The fourth-order valence-electron chi connectivity index (χ4n) is 3.34. The van der Waals surface area contributed by atoms with Gasteiger partial charge in [-0.15, -0.1) is 11.3 Å². The number of nitrogens with one attached hydrogen (secondary N) is 1. The van der Waals surface area contributed by atoms with E-state index in [9.17, 15) is 13.2 Å². The average Bonchev–Trinajstić information content (AvgIpc) is 3.27. The van der Waals surface area contributed by atoms with Crippen molar-refractivity contribution in [1.29, 1.82) is 0 Å². The molecule has 2 aliphatic heterocycles. The van der Waals surface area contributed by atoms with Gasteiger partial charge in [0.05, 0.1) is 0 Å². The van der Waals surface area contributed by atoms with Crippen LogP contribution in [0.5, 0.6) is 0 Å². The highest BCUT2D eigenvalue weighted by atomic mass is 32.2. The summed E-state index contributed by atoms with van der Waals surface area (Å²) in [6, 6.07) is 1.58. The van der Waals surface area contributed by atoms with Crippen molar-refractivity contribution in [2.45, 2.75) is 24.2 Å². The van der Waals surface area contributed by atoms with Gasteiger partial charge in [0.1, 0.15) is 9.77 Å². The molecule has 8 heteroatoms. The highest BCUT2D eigenvalue weighted by Crippen LogP contribution is 2.30. The molecule has 0 bridgehead atoms. The number of likely N-dealkylation sites (tertiary alicyclic amines) is 1. The maximum atomic E-state index is 12.8. The van der Waals surface area contributed by atoms with Gasteiger partial charge in [-0.05, 0) is 50.2 Å². The lowest BCUT2D eigenvalue weighted by atomic mass is 10.1. The topological polar surface area (TPSA) is 69.7 Å². The predicted octanol–water partition coefficient (Wildman–Crippen LogP) is 1.21. The molecule has 1 aromatic rings. The summed E-state index contributed by atoms with van der Waals surface area (Å²) in [5, 5.41) is 4.84. The van der Waals surface area contributed by atoms with Crippen LogP contribution in [0.3, 0.4) is 0 Å². The number of carbonyl (C=O) groups excluding carboxylic acids is 1. The van der Waals surface area contributed by atoms with Gasteiger partial charge >= 0.3 is 0 Å². The minimum Gasteiger partial charge on any atom is -0.338 e. The van der Waals surface area contributed by atoms with Crippen molar-refractivity contribution in [3.63, 3.8) is 0 Å². The maximum absolute atomic E-state index is 12.8. The molecule has 2 aliphatic rings. The predicted molar refractivity (Wildman–Crippen MR) is 90.2 cm³/mol. The number of hydrogen-bond donors (Lipinski definition) is 1. The quantitative estimate of drug-likeness (QED) is 0.860. The zero-order valence-electron chi connectivity index (χ0n) is 13.3. The Morgan fingerprint density at radius 3 is 2.78 bits per heavy atom. The van der Waals surface area contributed by atoms with Crippen molar-refractivity contribution in [2.75, 3.05) is 39.8 Å². The normalized spacial score (nSPS) is 22.8. The Hall–Kier alpha value is -0.960. The highest BCUT2D eigenvalue weighted by molar-refractivity contribution is 7.89. The van der Waals surface area contributed by atoms with Gasteiger partial charge in [0.25, 0.3) is 5.91 Å². The van der Waals surface area contributed by atoms with Crippen LogP contribution in [0.25, 0.3) is 0 Å². The van der Waals surface area contributed by atoms with Crippen LogP contribution >= 0.6 is 11.3 Å². The Labute approximate surface area is 141 Å². The van der Waals surface area contributed by atoms with Crippen molar-refractivity contribution in [2.24, 2.45) is 5.92 Å². The Bertz CT molecular complexity index is 665. The second-order valence-corrected chi connectivity index (χ2v) is 9.01. The molecule has 0 spiro atoms. The lowest BCUT2D eigenvalue weighted by Crippen LogP contribution is -2.33. The van der Waals surface area contributed by atoms with E-state index in [4.69, 9.17) is 0 Å². The summed E-state index contributed by atoms with van der Waals surface area (Å²) >= 11 is 1.23. The zero-order chi connectivity index (χ0) is 16.4. The smallest absolute Gasteiger partial charge is 0.265 e. The third-order valence-corrected chi connectivity index (χ3v) is 7.54. The first-order valence-electron chi connectivity index (χ1n) is 8.05. The molecule has 3 heterocycles. The molecule has 0 radical (unpaired) electrons. The van der Waals surface area contributed by atoms with Crippen LogP contribution in [-0.4, -0.2) is 63.3 Å². The summed E-state index contributed by atoms with van der Waals surface area (Å²) in [7, 11) is -1.63. The van der Waals surface area contributed by atoms with Crippen LogP contribution in [0.4, 0.5) is 0 Å². The highest BCUT2D eigenvalue weighted by Gasteiger charge is 2.34. The molecular weight excluding hydrogens is 334 g/mol. The van der Waals surface area contributed by atoms with Crippen LogP contribution in [0.2, 0.25) is 0 Å². The SMILES string of the molecule is CNCC1CCN(C(=O)c2sccc2S(=O)(=O)N2CCCC2)C1. The fraction of sp³-hybridized carbons (Fsp3) is 0.667. The summed E-state index contributed by atoms with van der Waals surface area (Å²) in [5.41, 5.74) is 0. The molecule has 1 atom stereocenters. The number of thiophene rings is 1. The van der Waals surface area contributed by atoms with Crippen molar-refractivity contribution in [1.82, 2.24) is 14.5 Å². The van der Waals surface area contributed by atoms with E-state index in [2.05, 4.69) is 5.32 Å². The van der Waals surface area contributed by atoms with E-state index < -0.39 is 10.0 Å². The maximum Gasteiger partial charge on any atom is 0.265 e. The van der Waals surface area contributed by atoms with Crippen LogP contribution in [0.15, 0.2) is 16.3 Å². The van der Waals surface area contributed by atoms with E-state index in [1.807, 2.05) is 7.05 Å². The third kappa shape index (κ3) is 3.31. The van der Waals surface area contributed by atoms with Crippen LogP contribution in [0.1, 0.15) is 28.9 Å². The van der Waals surface area contributed by atoms with E-state index in [1.54, 1.807) is 16.3 Å². The fourth-order valence-corrected chi connectivity index (χ4v) is 6.22. The number of amides is 1. The van der Waals surface area contributed by atoms with Crippen molar-refractivity contribution in [3.8, 4) is 0 Å². The van der Waals surface area contributed by atoms with Crippen LogP contribution in [-0.2, 0) is 10.0 Å². The molecule has 1 N–H and O–H groups in total. The molecule has 0 aliphatic carbocycles. The first kappa shape index (κ1) is 16.9. The molecular formula is C15H23N3O3S2. The summed E-state index contributed by atoms with van der Waals surface area (Å²) in [4.78, 5) is 15.1. The molecule has 1 amide bonds. The molecule has 3 rings (SSSR count). The number of nitrogens with zero attached hydrogens (tertiary/aromatic N) is 2. The molecule has 1 aromatic heterocycles. The lowest BCUT2D eigenvalue weighted by Gasteiger charge is -2.19. The monoisotopic (exact) mass is 357 g/mol. The molecule has 23 heavy (non-hydrogen) atoms. The van der Waals surface area contributed by atoms with E-state index in [-0.39, 0.29) is 10.8 Å².